The van der Waals surface area contributed by atoms with Crippen LogP contribution in [0.25, 0.3) is 0 Å². The maximum absolute atomic E-state index is 10.4. The molecule has 0 bridgehead atoms. The van der Waals surface area contributed by atoms with E-state index in [1.54, 1.807) is 0 Å². The molecule has 3 heteroatoms. The summed E-state index contributed by atoms with van der Waals surface area (Å²) >= 11 is 1.10. The van der Waals surface area contributed by atoms with Crippen molar-refractivity contribution in [3.63, 3.8) is 0 Å². The van der Waals surface area contributed by atoms with E-state index in [-0.39, 0.29) is 0 Å². The summed E-state index contributed by atoms with van der Waals surface area (Å²) in [6, 6.07) is 12.5. The van der Waals surface area contributed by atoms with E-state index >= 15 is 0 Å². The van der Waals surface area contributed by atoms with Gasteiger partial charge in [0.05, 0.1) is 0 Å². The zero-order valence-electron chi connectivity index (χ0n) is 4.85. The first kappa shape index (κ1) is 9.25. The van der Waals surface area contributed by atoms with Gasteiger partial charge in [0.1, 0.15) is 0 Å². The molecular formula is C6H5BrFZn-. The summed E-state index contributed by atoms with van der Waals surface area (Å²) in [5, 5.41) is 0. The second kappa shape index (κ2) is 8.25. The van der Waals surface area contributed by atoms with Gasteiger partial charge in [-0.2, -0.15) is 36.4 Å². The van der Waals surface area contributed by atoms with Gasteiger partial charge in [0.2, 0.25) is 0 Å². The fraction of sp³-hybridized carbons (Fsp3) is 0. The van der Waals surface area contributed by atoms with Crippen molar-refractivity contribution in [1.82, 2.24) is 0 Å². The molecule has 0 aliphatic rings. The molecule has 0 spiro atoms. The Hall–Kier alpha value is 0.253. The quantitative estimate of drug-likeness (QED) is 0.484. The molecule has 0 amide bonds. The van der Waals surface area contributed by atoms with Crippen molar-refractivity contribution in [2.45, 2.75) is 0 Å². The van der Waals surface area contributed by atoms with E-state index in [1.165, 1.54) is 0 Å². The zero-order valence-corrected chi connectivity index (χ0v) is 9.40. The van der Waals surface area contributed by atoms with Crippen LogP contribution in [0.4, 0.5) is 3.32 Å². The molecule has 1 aromatic rings. The van der Waals surface area contributed by atoms with Crippen LogP contribution in [0, 0.1) is 6.07 Å². The Balaban J connectivity index is 0.000000187. The normalized spacial score (nSPS) is 6.44. The molecule has 0 aliphatic heterocycles. The van der Waals surface area contributed by atoms with E-state index in [1.807, 2.05) is 30.3 Å². The summed E-state index contributed by atoms with van der Waals surface area (Å²) in [5.74, 6) is 0. The Morgan fingerprint density at radius 3 is 1.78 bits per heavy atom. The molecule has 9 heavy (non-hydrogen) atoms. The molecule has 0 aliphatic carbocycles. The molecule has 1 aromatic carbocycles. The third-order valence-corrected chi connectivity index (χ3v) is 0.607. The maximum Gasteiger partial charge on any atom is -0.171 e. The van der Waals surface area contributed by atoms with Crippen molar-refractivity contribution in [2.24, 2.45) is 0 Å². The zero-order chi connectivity index (χ0) is 6.95. The van der Waals surface area contributed by atoms with Gasteiger partial charge in [-0.1, -0.05) is 0 Å². The Morgan fingerprint density at radius 2 is 1.67 bits per heavy atom. The predicted molar refractivity (Wildman–Crippen MR) is 35.3 cm³/mol. The fourth-order valence-electron chi connectivity index (χ4n) is 0.342. The Bertz CT molecular complexity index is 95.9. The van der Waals surface area contributed by atoms with Crippen LogP contribution in [0.2, 0.25) is 0 Å². The molecule has 0 radical (unpaired) electrons. The Kier molecular flexibility index (Phi) is 8.49. The summed E-state index contributed by atoms with van der Waals surface area (Å²) < 4.78 is 10.4. The van der Waals surface area contributed by atoms with Gasteiger partial charge in [0.15, 0.2) is 0 Å². The molecule has 0 nitrogen and oxygen atoms in total. The van der Waals surface area contributed by atoms with E-state index in [4.69, 9.17) is 0 Å². The van der Waals surface area contributed by atoms with Crippen LogP contribution in [0.5, 0.6) is 0 Å². The number of hydrogen-bond donors (Lipinski definition) is 0. The van der Waals surface area contributed by atoms with Gasteiger partial charge in [-0.05, 0) is 0 Å². The molecule has 0 saturated carbocycles. The monoisotopic (exact) mass is 239 g/mol. The first-order chi connectivity index (χ1) is 4.41. The molecular weight excluding hydrogens is 236 g/mol. The number of hydrogen-bond acceptors (Lipinski definition) is 0. The van der Waals surface area contributed by atoms with Gasteiger partial charge in [-0.15, -0.1) is 0 Å². The van der Waals surface area contributed by atoms with Crippen LogP contribution >= 0.6 is 13.6 Å². The van der Waals surface area contributed by atoms with Crippen LogP contribution in [0.15, 0.2) is 30.3 Å². The molecule has 0 saturated heterocycles. The molecule has 0 unspecified atom stereocenters. The molecule has 0 fully saturated rings. The van der Waals surface area contributed by atoms with Crippen molar-refractivity contribution in [1.29, 1.82) is 0 Å². The molecule has 0 heterocycles. The van der Waals surface area contributed by atoms with Gasteiger partial charge in [0, 0.05) is 0 Å². The van der Waals surface area contributed by atoms with Crippen LogP contribution in [-0.2, 0) is 15.7 Å². The molecule has 46 valence electrons. The van der Waals surface area contributed by atoms with Crippen molar-refractivity contribution in [3.8, 4) is 0 Å². The molecule has 0 aromatic heterocycles. The minimum Gasteiger partial charge on any atom is -0.184 e. The number of halogens is 2. The summed E-state index contributed by atoms with van der Waals surface area (Å²) in [5.41, 5.74) is 0. The second-order valence-corrected chi connectivity index (χ2v) is 3.80. The minimum atomic E-state index is -1.56. The maximum atomic E-state index is 10.4. The van der Waals surface area contributed by atoms with Gasteiger partial charge < -0.3 is 0 Å². The first-order valence-electron chi connectivity index (χ1n) is 2.45. The average Bonchev–Trinajstić information content (AvgIpc) is 1.93. The van der Waals surface area contributed by atoms with E-state index in [0.717, 1.165) is 0 Å². The van der Waals surface area contributed by atoms with Crippen molar-refractivity contribution >= 4 is 13.6 Å². The third-order valence-electron chi connectivity index (χ3n) is 0.607. The SMILES string of the molecule is [F][Zn][Br].[c-]1ccccc1. The Labute approximate surface area is 69.0 Å². The smallest absolute Gasteiger partial charge is 0.171 e. The average molecular weight is 241 g/mol. The van der Waals surface area contributed by atoms with E-state index < -0.39 is 15.7 Å². The largest absolute Gasteiger partial charge is 0.184 e. The van der Waals surface area contributed by atoms with Crippen LogP contribution < -0.4 is 0 Å². The molecule has 1 rings (SSSR count). The van der Waals surface area contributed by atoms with Gasteiger partial charge in [-0.25, -0.2) is 0 Å². The van der Waals surface area contributed by atoms with E-state index in [0.29, 0.717) is 0 Å². The van der Waals surface area contributed by atoms with E-state index in [9.17, 15) is 3.32 Å². The van der Waals surface area contributed by atoms with Gasteiger partial charge >= 0.3 is 32.6 Å². The number of benzene rings is 1. The third kappa shape index (κ3) is 8.25. The second-order valence-electron chi connectivity index (χ2n) is 1.18. The van der Waals surface area contributed by atoms with Crippen molar-refractivity contribution < 1.29 is 19.0 Å². The summed E-state index contributed by atoms with van der Waals surface area (Å²) in [6.45, 7) is 0. The minimum absolute atomic E-state index is 1.56. The van der Waals surface area contributed by atoms with Gasteiger partial charge in [-0.3, -0.25) is 0 Å². The molecule has 0 N–H and O–H groups in total. The van der Waals surface area contributed by atoms with Crippen LogP contribution in [0.3, 0.4) is 0 Å². The summed E-state index contributed by atoms with van der Waals surface area (Å²) in [7, 11) is 0. The van der Waals surface area contributed by atoms with E-state index in [2.05, 4.69) is 19.7 Å². The summed E-state index contributed by atoms with van der Waals surface area (Å²) in [4.78, 5) is 0. The Morgan fingerprint density at radius 1 is 1.22 bits per heavy atom. The summed E-state index contributed by atoms with van der Waals surface area (Å²) in [6.07, 6.45) is 0. The van der Waals surface area contributed by atoms with Gasteiger partial charge in [0.25, 0.3) is 0 Å². The topological polar surface area (TPSA) is 0 Å². The van der Waals surface area contributed by atoms with Crippen molar-refractivity contribution in [2.75, 3.05) is 0 Å². The van der Waals surface area contributed by atoms with Crippen molar-refractivity contribution in [3.05, 3.63) is 36.4 Å². The molecule has 0 atom stereocenters. The fourth-order valence-corrected chi connectivity index (χ4v) is 0.342. The van der Waals surface area contributed by atoms with Crippen LogP contribution in [-0.4, -0.2) is 0 Å². The standard InChI is InChI=1S/C6H5.BrH.FH.Zn/c1-2-4-6-5-3-1;;;/h1-5H;2*1H;/q-1;;;+2/p-2. The number of rotatable bonds is 0. The first-order valence-corrected chi connectivity index (χ1v) is 10.5. The van der Waals surface area contributed by atoms with Crippen LogP contribution in [0.1, 0.15) is 0 Å². The predicted octanol–water partition coefficient (Wildman–Crippen LogP) is 2.75.